The summed E-state index contributed by atoms with van der Waals surface area (Å²) in [6.07, 6.45) is 2.91. The van der Waals surface area contributed by atoms with E-state index >= 15 is 0 Å². The van der Waals surface area contributed by atoms with Gasteiger partial charge < -0.3 is 0 Å². The number of fused-ring (bicyclic) bond motifs is 1. The van der Waals surface area contributed by atoms with Gasteiger partial charge in [-0.1, -0.05) is 18.2 Å². The molecule has 15 heavy (non-hydrogen) atoms. The van der Waals surface area contributed by atoms with Crippen molar-refractivity contribution < 1.29 is 4.79 Å². The Morgan fingerprint density at radius 3 is 3.00 bits per heavy atom. The van der Waals surface area contributed by atoms with E-state index in [2.05, 4.69) is 11.5 Å². The molecule has 1 atom stereocenters. The zero-order valence-corrected chi connectivity index (χ0v) is 8.92. The second-order valence-electron chi connectivity index (χ2n) is 4.11. The van der Waals surface area contributed by atoms with Gasteiger partial charge in [-0.3, -0.25) is 16.1 Å². The molecular formula is C12H16N2O. The van der Waals surface area contributed by atoms with Crippen LogP contribution in [0.2, 0.25) is 0 Å². The Labute approximate surface area is 89.6 Å². The van der Waals surface area contributed by atoms with Crippen molar-refractivity contribution in [3.8, 4) is 0 Å². The van der Waals surface area contributed by atoms with Crippen molar-refractivity contribution >= 4 is 5.78 Å². The smallest absolute Gasteiger partial charge is 0.160 e. The average Bonchev–Trinajstić information content (AvgIpc) is 2.27. The first-order valence-electron chi connectivity index (χ1n) is 5.30. The molecule has 3 heteroatoms. The van der Waals surface area contributed by atoms with Crippen LogP contribution in [0.15, 0.2) is 18.2 Å². The van der Waals surface area contributed by atoms with Crippen LogP contribution in [0.25, 0.3) is 0 Å². The number of hydrogen-bond acceptors (Lipinski definition) is 3. The topological polar surface area (TPSA) is 55.1 Å². The summed E-state index contributed by atoms with van der Waals surface area (Å²) in [5.41, 5.74) is 6.13. The van der Waals surface area contributed by atoms with Crippen LogP contribution in [-0.4, -0.2) is 11.8 Å². The molecular weight excluding hydrogens is 188 g/mol. The fourth-order valence-electron chi connectivity index (χ4n) is 2.26. The minimum atomic E-state index is 0.143. The van der Waals surface area contributed by atoms with Gasteiger partial charge in [0.05, 0.1) is 0 Å². The molecule has 1 aromatic rings. The maximum atomic E-state index is 11.5. The van der Waals surface area contributed by atoms with Gasteiger partial charge in [0.25, 0.3) is 0 Å². The third-order valence-corrected chi connectivity index (χ3v) is 3.10. The molecule has 0 bridgehead atoms. The number of hydrazine groups is 1. The summed E-state index contributed by atoms with van der Waals surface area (Å²) in [6, 6.07) is 6.28. The van der Waals surface area contributed by atoms with E-state index < -0.39 is 0 Å². The Balaban J connectivity index is 2.40. The predicted molar refractivity (Wildman–Crippen MR) is 59.6 cm³/mol. The molecule has 0 saturated heterocycles. The summed E-state index contributed by atoms with van der Waals surface area (Å²) >= 11 is 0. The normalized spacial score (nSPS) is 19.7. The number of rotatable bonds is 2. The molecule has 1 unspecified atom stereocenters. The summed E-state index contributed by atoms with van der Waals surface area (Å²) in [7, 11) is 0. The number of nitrogens with one attached hydrogen (secondary N) is 1. The van der Waals surface area contributed by atoms with Gasteiger partial charge >= 0.3 is 0 Å². The third kappa shape index (κ3) is 1.94. The monoisotopic (exact) mass is 204 g/mol. The second-order valence-corrected chi connectivity index (χ2v) is 4.11. The first kappa shape index (κ1) is 10.3. The molecule has 1 aromatic carbocycles. The molecule has 0 fully saturated rings. The van der Waals surface area contributed by atoms with Gasteiger partial charge in [0.15, 0.2) is 5.78 Å². The Hall–Kier alpha value is -1.19. The predicted octanol–water partition coefficient (Wildman–Crippen LogP) is 1.21. The molecule has 0 spiro atoms. The number of benzene rings is 1. The van der Waals surface area contributed by atoms with E-state index in [1.165, 1.54) is 11.1 Å². The van der Waals surface area contributed by atoms with Crippen molar-refractivity contribution in [1.82, 2.24) is 5.43 Å². The Morgan fingerprint density at radius 2 is 2.33 bits per heavy atom. The second kappa shape index (κ2) is 4.13. The van der Waals surface area contributed by atoms with Crippen molar-refractivity contribution in [1.29, 1.82) is 0 Å². The molecule has 2 rings (SSSR count). The average molecular weight is 204 g/mol. The van der Waals surface area contributed by atoms with Crippen molar-refractivity contribution in [2.75, 3.05) is 0 Å². The summed E-state index contributed by atoms with van der Waals surface area (Å²) in [4.78, 5) is 11.5. The van der Waals surface area contributed by atoms with Gasteiger partial charge in [0.2, 0.25) is 0 Å². The zero-order valence-electron chi connectivity index (χ0n) is 8.92. The lowest BCUT2D eigenvalue weighted by Crippen LogP contribution is -2.39. The van der Waals surface area contributed by atoms with Crippen LogP contribution >= 0.6 is 0 Å². The van der Waals surface area contributed by atoms with Crippen LogP contribution < -0.4 is 11.3 Å². The van der Waals surface area contributed by atoms with Crippen LogP contribution in [0.1, 0.15) is 34.8 Å². The van der Waals surface area contributed by atoms with Crippen LogP contribution in [0, 0.1) is 0 Å². The third-order valence-electron chi connectivity index (χ3n) is 3.10. The molecule has 3 N–H and O–H groups in total. The quantitative estimate of drug-likeness (QED) is 0.432. The van der Waals surface area contributed by atoms with E-state index in [1.54, 1.807) is 6.92 Å². The van der Waals surface area contributed by atoms with Gasteiger partial charge in [-0.15, -0.1) is 0 Å². The fraction of sp³-hybridized carbons (Fsp3) is 0.417. The SMILES string of the molecule is CC(=O)c1cccc2c1CC(NN)CC2. The molecule has 0 amide bonds. The number of nitrogens with two attached hydrogens (primary N) is 1. The van der Waals surface area contributed by atoms with Crippen molar-refractivity contribution in [3.05, 3.63) is 34.9 Å². The van der Waals surface area contributed by atoms with Gasteiger partial charge in [0, 0.05) is 11.6 Å². The van der Waals surface area contributed by atoms with Gasteiger partial charge in [-0.2, -0.15) is 0 Å². The number of aryl methyl sites for hydroxylation is 1. The molecule has 0 saturated carbocycles. The number of Topliss-reactive ketones (excluding diaryl/α,β-unsaturated/α-hetero) is 1. The van der Waals surface area contributed by atoms with E-state index in [1.807, 2.05) is 12.1 Å². The van der Waals surface area contributed by atoms with Gasteiger partial charge in [-0.05, 0) is 37.3 Å². The molecule has 80 valence electrons. The lowest BCUT2D eigenvalue weighted by molar-refractivity contribution is 0.101. The molecule has 1 aliphatic carbocycles. The standard InChI is InChI=1S/C12H16N2O/c1-8(15)11-4-2-3-9-5-6-10(14-13)7-12(9)11/h2-4,10,14H,5-7,13H2,1H3. The van der Waals surface area contributed by atoms with E-state index in [0.717, 1.165) is 24.8 Å². The first-order chi connectivity index (χ1) is 7.22. The summed E-state index contributed by atoms with van der Waals surface area (Å²) in [6.45, 7) is 1.62. The highest BCUT2D eigenvalue weighted by Gasteiger charge is 2.20. The number of ketones is 1. The lowest BCUT2D eigenvalue weighted by atomic mass is 9.85. The summed E-state index contributed by atoms with van der Waals surface area (Å²) in [5.74, 6) is 5.59. The van der Waals surface area contributed by atoms with E-state index in [4.69, 9.17) is 5.84 Å². The Kier molecular flexibility index (Phi) is 2.84. The van der Waals surface area contributed by atoms with Crippen LogP contribution in [0.3, 0.4) is 0 Å². The molecule has 3 nitrogen and oxygen atoms in total. The molecule has 0 radical (unpaired) electrons. The van der Waals surface area contributed by atoms with Crippen molar-refractivity contribution in [2.24, 2.45) is 5.84 Å². The Bertz CT molecular complexity index is 387. The Morgan fingerprint density at radius 1 is 1.53 bits per heavy atom. The van der Waals surface area contributed by atoms with E-state index in [9.17, 15) is 4.79 Å². The van der Waals surface area contributed by atoms with Crippen LogP contribution in [0.5, 0.6) is 0 Å². The number of hydrogen-bond donors (Lipinski definition) is 2. The number of carbonyl (C=O) groups is 1. The molecule has 0 aliphatic heterocycles. The molecule has 0 heterocycles. The summed E-state index contributed by atoms with van der Waals surface area (Å²) in [5, 5.41) is 0. The zero-order chi connectivity index (χ0) is 10.8. The van der Waals surface area contributed by atoms with Crippen LogP contribution in [0.4, 0.5) is 0 Å². The largest absolute Gasteiger partial charge is 0.295 e. The highest BCUT2D eigenvalue weighted by molar-refractivity contribution is 5.96. The molecule has 1 aliphatic rings. The van der Waals surface area contributed by atoms with Crippen molar-refractivity contribution in [3.63, 3.8) is 0 Å². The highest BCUT2D eigenvalue weighted by atomic mass is 16.1. The maximum Gasteiger partial charge on any atom is 0.160 e. The fourth-order valence-corrected chi connectivity index (χ4v) is 2.26. The number of carbonyl (C=O) groups excluding carboxylic acids is 1. The summed E-state index contributed by atoms with van der Waals surface area (Å²) < 4.78 is 0. The minimum absolute atomic E-state index is 0.143. The lowest BCUT2D eigenvalue weighted by Gasteiger charge is -2.25. The van der Waals surface area contributed by atoms with Crippen molar-refractivity contribution in [2.45, 2.75) is 32.2 Å². The first-order valence-corrected chi connectivity index (χ1v) is 5.30. The highest BCUT2D eigenvalue weighted by Crippen LogP contribution is 2.24. The maximum absolute atomic E-state index is 11.5. The minimum Gasteiger partial charge on any atom is -0.295 e. The van der Waals surface area contributed by atoms with E-state index in [-0.39, 0.29) is 5.78 Å². The van der Waals surface area contributed by atoms with Gasteiger partial charge in [0.1, 0.15) is 0 Å². The molecule has 0 aromatic heterocycles. The van der Waals surface area contributed by atoms with Gasteiger partial charge in [-0.25, -0.2) is 0 Å². The van der Waals surface area contributed by atoms with E-state index in [0.29, 0.717) is 6.04 Å². The van der Waals surface area contributed by atoms with Crippen LogP contribution in [-0.2, 0) is 12.8 Å².